The second-order valence-electron chi connectivity index (χ2n) is 6.21. The molecule has 0 radical (unpaired) electrons. The lowest BCUT2D eigenvalue weighted by atomic mass is 9.92. The van der Waals surface area contributed by atoms with E-state index in [9.17, 15) is 4.79 Å². The molecule has 0 spiro atoms. The number of hydrogen-bond acceptors (Lipinski definition) is 2. The predicted octanol–water partition coefficient (Wildman–Crippen LogP) is 5.40. The fraction of sp³-hybridized carbons (Fsp3) is 0.200. The lowest BCUT2D eigenvalue weighted by molar-refractivity contribution is -0.114. The van der Waals surface area contributed by atoms with Crippen LogP contribution in [0, 0.1) is 0 Å². The minimum Gasteiger partial charge on any atom is -0.351 e. The fourth-order valence-corrected chi connectivity index (χ4v) is 4.00. The zero-order valence-corrected chi connectivity index (χ0v) is 17.6. The van der Waals surface area contributed by atoms with Gasteiger partial charge < -0.3 is 10.2 Å². The molecule has 1 unspecified atom stereocenters. The summed E-state index contributed by atoms with van der Waals surface area (Å²) in [6.07, 6.45) is 0. The first-order chi connectivity index (χ1) is 12.4. The molecule has 0 fully saturated rings. The van der Waals surface area contributed by atoms with Crippen molar-refractivity contribution in [2.45, 2.75) is 26.4 Å². The van der Waals surface area contributed by atoms with Crippen LogP contribution in [-0.2, 0) is 11.3 Å². The first kappa shape index (κ1) is 19.1. The molecule has 0 bridgehead atoms. The van der Waals surface area contributed by atoms with E-state index in [1.54, 1.807) is 6.92 Å². The van der Waals surface area contributed by atoms with Gasteiger partial charge in [-0.25, -0.2) is 0 Å². The quantitative estimate of drug-likeness (QED) is 0.634. The van der Waals surface area contributed by atoms with Crippen molar-refractivity contribution in [1.82, 2.24) is 10.2 Å². The topological polar surface area (TPSA) is 32.3 Å². The minimum absolute atomic E-state index is 0.0311. The van der Waals surface area contributed by atoms with Gasteiger partial charge in [0.2, 0.25) is 0 Å². The van der Waals surface area contributed by atoms with Crippen LogP contribution < -0.4 is 5.32 Å². The molecular weight excluding hydrogens is 432 g/mol. The van der Waals surface area contributed by atoms with Crippen molar-refractivity contribution in [2.75, 3.05) is 0 Å². The zero-order chi connectivity index (χ0) is 18.8. The summed E-state index contributed by atoms with van der Waals surface area (Å²) in [6.45, 7) is 4.13. The molecule has 0 aromatic heterocycles. The van der Waals surface area contributed by atoms with Gasteiger partial charge in [0.1, 0.15) is 0 Å². The molecule has 6 heteroatoms. The Morgan fingerprint density at radius 1 is 1.27 bits per heavy atom. The standard InChI is InChI=1S/C20H18BrClN2OS/c1-12-18(13(2)25)19(15-4-3-5-16(21)10-15)23-20(26)24(12)11-14-6-8-17(22)9-7-14/h3-10,19H,11H2,1-2H3,(H,23,26). The Morgan fingerprint density at radius 2 is 1.96 bits per heavy atom. The van der Waals surface area contributed by atoms with E-state index in [1.807, 2.05) is 60.4 Å². The average Bonchev–Trinajstić information content (AvgIpc) is 2.59. The zero-order valence-electron chi connectivity index (χ0n) is 14.4. The Labute approximate surface area is 172 Å². The summed E-state index contributed by atoms with van der Waals surface area (Å²) in [5.41, 5.74) is 3.67. The summed E-state index contributed by atoms with van der Waals surface area (Å²) in [6, 6.07) is 15.3. The third-order valence-electron chi connectivity index (χ3n) is 4.41. The Hall–Kier alpha value is -1.69. The molecular formula is C20H18BrClN2OS. The van der Waals surface area contributed by atoms with Crippen LogP contribution in [0.4, 0.5) is 0 Å². The number of allylic oxidation sites excluding steroid dienone is 1. The van der Waals surface area contributed by atoms with Crippen LogP contribution in [0.5, 0.6) is 0 Å². The monoisotopic (exact) mass is 448 g/mol. The summed E-state index contributed by atoms with van der Waals surface area (Å²) in [7, 11) is 0. The van der Waals surface area contributed by atoms with Gasteiger partial charge in [-0.1, -0.05) is 51.8 Å². The van der Waals surface area contributed by atoms with E-state index in [0.717, 1.165) is 26.9 Å². The second kappa shape index (κ2) is 7.91. The van der Waals surface area contributed by atoms with Crippen molar-refractivity contribution in [3.8, 4) is 0 Å². The van der Waals surface area contributed by atoms with E-state index >= 15 is 0 Å². The van der Waals surface area contributed by atoms with Gasteiger partial charge in [0, 0.05) is 27.3 Å². The van der Waals surface area contributed by atoms with Gasteiger partial charge in [-0.3, -0.25) is 4.79 Å². The van der Waals surface area contributed by atoms with Crippen LogP contribution >= 0.6 is 39.7 Å². The molecule has 0 aliphatic carbocycles. The number of halogens is 2. The Balaban J connectivity index is 1.99. The third-order valence-corrected chi connectivity index (χ3v) is 5.50. The van der Waals surface area contributed by atoms with E-state index in [-0.39, 0.29) is 11.8 Å². The summed E-state index contributed by atoms with van der Waals surface area (Å²) in [4.78, 5) is 14.4. The van der Waals surface area contributed by atoms with Crippen LogP contribution in [0.25, 0.3) is 0 Å². The molecule has 3 rings (SSSR count). The van der Waals surface area contributed by atoms with Crippen molar-refractivity contribution in [3.63, 3.8) is 0 Å². The van der Waals surface area contributed by atoms with Crippen molar-refractivity contribution in [2.24, 2.45) is 0 Å². The van der Waals surface area contributed by atoms with E-state index in [0.29, 0.717) is 16.7 Å². The van der Waals surface area contributed by atoms with Crippen molar-refractivity contribution in [3.05, 3.63) is 80.4 Å². The number of carbonyl (C=O) groups is 1. The molecule has 1 heterocycles. The summed E-state index contributed by atoms with van der Waals surface area (Å²) >= 11 is 15.1. The van der Waals surface area contributed by atoms with Crippen molar-refractivity contribution >= 4 is 50.6 Å². The number of nitrogens with zero attached hydrogens (tertiary/aromatic N) is 1. The van der Waals surface area contributed by atoms with E-state index < -0.39 is 0 Å². The van der Waals surface area contributed by atoms with Gasteiger partial charge in [-0.05, 0) is 61.5 Å². The number of carbonyl (C=O) groups excluding carboxylic acids is 1. The largest absolute Gasteiger partial charge is 0.351 e. The number of benzene rings is 2. The third kappa shape index (κ3) is 4.00. The second-order valence-corrected chi connectivity index (χ2v) is 7.94. The van der Waals surface area contributed by atoms with E-state index in [4.69, 9.17) is 23.8 Å². The van der Waals surface area contributed by atoms with Crippen molar-refractivity contribution in [1.29, 1.82) is 0 Å². The number of rotatable bonds is 4. The summed E-state index contributed by atoms with van der Waals surface area (Å²) < 4.78 is 0.965. The Kier molecular flexibility index (Phi) is 5.80. The molecule has 2 aromatic rings. The molecule has 2 aromatic carbocycles. The minimum atomic E-state index is -0.251. The number of hydrogen-bond donors (Lipinski definition) is 1. The average molecular weight is 450 g/mol. The van der Waals surface area contributed by atoms with E-state index in [1.165, 1.54) is 0 Å². The van der Waals surface area contributed by atoms with Gasteiger partial charge >= 0.3 is 0 Å². The van der Waals surface area contributed by atoms with Gasteiger partial charge in [-0.2, -0.15) is 0 Å². The maximum absolute atomic E-state index is 12.4. The molecule has 0 saturated carbocycles. The van der Waals surface area contributed by atoms with E-state index in [2.05, 4.69) is 21.2 Å². The molecule has 1 atom stereocenters. The van der Waals surface area contributed by atoms with Crippen LogP contribution in [0.1, 0.15) is 31.0 Å². The molecule has 1 aliphatic rings. The molecule has 26 heavy (non-hydrogen) atoms. The normalized spacial score (nSPS) is 17.3. The summed E-state index contributed by atoms with van der Waals surface area (Å²) in [5.74, 6) is 0.0311. The van der Waals surface area contributed by atoms with Crippen LogP contribution in [-0.4, -0.2) is 15.8 Å². The number of Topliss-reactive ketones (excluding diaryl/α,β-unsaturated/α-hetero) is 1. The van der Waals surface area contributed by atoms with Crippen LogP contribution in [0.2, 0.25) is 5.02 Å². The molecule has 134 valence electrons. The maximum atomic E-state index is 12.4. The van der Waals surface area contributed by atoms with Gasteiger partial charge in [-0.15, -0.1) is 0 Å². The van der Waals surface area contributed by atoms with Crippen LogP contribution in [0.3, 0.4) is 0 Å². The number of thiocarbonyl (C=S) groups is 1. The highest BCUT2D eigenvalue weighted by Crippen LogP contribution is 2.33. The van der Waals surface area contributed by atoms with Gasteiger partial charge in [0.05, 0.1) is 6.04 Å². The molecule has 1 aliphatic heterocycles. The predicted molar refractivity (Wildman–Crippen MR) is 113 cm³/mol. The number of ketones is 1. The fourth-order valence-electron chi connectivity index (χ4n) is 3.14. The highest BCUT2D eigenvalue weighted by Gasteiger charge is 2.32. The molecule has 1 N–H and O–H groups in total. The molecule has 0 saturated heterocycles. The Morgan fingerprint density at radius 3 is 2.58 bits per heavy atom. The highest BCUT2D eigenvalue weighted by molar-refractivity contribution is 9.10. The van der Waals surface area contributed by atoms with Gasteiger partial charge in [0.15, 0.2) is 10.9 Å². The summed E-state index contributed by atoms with van der Waals surface area (Å²) in [5, 5.41) is 4.63. The van der Waals surface area contributed by atoms with Crippen molar-refractivity contribution < 1.29 is 4.79 Å². The molecule has 0 amide bonds. The Bertz CT molecular complexity index is 895. The first-order valence-corrected chi connectivity index (χ1v) is 9.74. The highest BCUT2D eigenvalue weighted by atomic mass is 79.9. The lowest BCUT2D eigenvalue weighted by Crippen LogP contribution is -2.47. The maximum Gasteiger partial charge on any atom is 0.174 e. The molecule has 3 nitrogen and oxygen atoms in total. The SMILES string of the molecule is CC(=O)C1=C(C)N(Cc2ccc(Cl)cc2)C(=S)NC1c1cccc(Br)c1. The number of nitrogens with one attached hydrogen (secondary N) is 1. The van der Waals surface area contributed by atoms with Crippen LogP contribution in [0.15, 0.2) is 64.3 Å². The smallest absolute Gasteiger partial charge is 0.174 e. The van der Waals surface area contributed by atoms with Gasteiger partial charge in [0.25, 0.3) is 0 Å². The first-order valence-electron chi connectivity index (χ1n) is 8.16. The lowest BCUT2D eigenvalue weighted by Gasteiger charge is -2.38.